The Kier molecular flexibility index (Phi) is 6.93. The highest BCUT2D eigenvalue weighted by atomic mass is 35.5. The van der Waals surface area contributed by atoms with E-state index in [-0.39, 0.29) is 24.4 Å². The second-order valence-corrected chi connectivity index (χ2v) is 8.40. The number of hydrogen-bond acceptors (Lipinski definition) is 2. The van der Waals surface area contributed by atoms with Crippen molar-refractivity contribution in [3.05, 3.63) is 69.2 Å². The van der Waals surface area contributed by atoms with Crippen LogP contribution in [0.15, 0.2) is 42.5 Å². The summed E-state index contributed by atoms with van der Waals surface area (Å²) in [5.74, 6) is 0.110. The highest BCUT2D eigenvalue weighted by Gasteiger charge is 2.40. The molecular weight excluding hydrogens is 415 g/mol. The Bertz CT molecular complexity index is 851. The fourth-order valence-corrected chi connectivity index (χ4v) is 4.85. The summed E-state index contributed by atoms with van der Waals surface area (Å²) in [6, 6.07) is 14.5. The SMILES string of the molecule is CN(C(=O)Cc1ccc(Cl)c(Cl)c1)[C@H]1c2ccccc2C[C@@H]1N1CCCC1.Cl. The maximum atomic E-state index is 13.1. The molecule has 0 bridgehead atoms. The molecule has 1 aliphatic carbocycles. The number of nitrogens with zero attached hydrogens (tertiary/aromatic N) is 2. The molecule has 0 spiro atoms. The summed E-state index contributed by atoms with van der Waals surface area (Å²) in [5.41, 5.74) is 3.55. The van der Waals surface area contributed by atoms with Gasteiger partial charge in [-0.15, -0.1) is 12.4 Å². The van der Waals surface area contributed by atoms with Crippen molar-refractivity contribution in [1.29, 1.82) is 0 Å². The molecule has 2 aliphatic rings. The standard InChI is InChI=1S/C22H24Cl2N2O.ClH/c1-25(21(27)13-15-8-9-18(23)19(24)12-15)22-17-7-3-2-6-16(17)14-20(22)26-10-4-5-11-26;/h2-3,6-9,12,20,22H,4-5,10-11,13-14H2,1H3;1H/t20-,22-;/m0./s1. The minimum atomic E-state index is 0. The molecule has 2 aromatic rings. The maximum absolute atomic E-state index is 13.1. The van der Waals surface area contributed by atoms with E-state index in [1.165, 1.54) is 24.0 Å². The van der Waals surface area contributed by atoms with Crippen LogP contribution >= 0.6 is 35.6 Å². The van der Waals surface area contributed by atoms with Gasteiger partial charge in [0.05, 0.1) is 22.5 Å². The smallest absolute Gasteiger partial charge is 0.227 e. The van der Waals surface area contributed by atoms with Crippen molar-refractivity contribution in [2.24, 2.45) is 0 Å². The van der Waals surface area contributed by atoms with Crippen molar-refractivity contribution in [2.75, 3.05) is 20.1 Å². The number of rotatable bonds is 4. The van der Waals surface area contributed by atoms with Crippen molar-refractivity contribution in [1.82, 2.24) is 9.80 Å². The summed E-state index contributed by atoms with van der Waals surface area (Å²) in [6.45, 7) is 2.26. The molecule has 28 heavy (non-hydrogen) atoms. The number of likely N-dealkylation sites (N-methyl/N-ethyl adjacent to an activating group) is 1. The van der Waals surface area contributed by atoms with Gasteiger partial charge < -0.3 is 4.90 Å². The monoisotopic (exact) mass is 438 g/mol. The van der Waals surface area contributed by atoms with Gasteiger partial charge in [0, 0.05) is 13.1 Å². The zero-order chi connectivity index (χ0) is 19.0. The summed E-state index contributed by atoms with van der Waals surface area (Å²) in [5, 5.41) is 1.01. The minimum absolute atomic E-state index is 0. The predicted octanol–water partition coefficient (Wildman–Crippen LogP) is 5.18. The van der Waals surface area contributed by atoms with Crippen LogP contribution < -0.4 is 0 Å². The molecule has 2 aromatic carbocycles. The lowest BCUT2D eigenvalue weighted by molar-refractivity contribution is -0.132. The third kappa shape index (κ3) is 4.18. The van der Waals surface area contributed by atoms with Gasteiger partial charge in [-0.05, 0) is 61.2 Å². The number of carbonyl (C=O) groups excluding carboxylic acids is 1. The summed E-state index contributed by atoms with van der Waals surface area (Å²) in [7, 11) is 1.94. The second-order valence-electron chi connectivity index (χ2n) is 7.59. The van der Waals surface area contributed by atoms with Gasteiger partial charge in [-0.1, -0.05) is 53.5 Å². The van der Waals surface area contributed by atoms with Crippen LogP contribution in [0, 0.1) is 0 Å². The number of amides is 1. The van der Waals surface area contributed by atoms with Crippen LogP contribution in [0.5, 0.6) is 0 Å². The summed E-state index contributed by atoms with van der Waals surface area (Å²) < 4.78 is 0. The predicted molar refractivity (Wildman–Crippen MR) is 118 cm³/mol. The topological polar surface area (TPSA) is 23.6 Å². The zero-order valence-electron chi connectivity index (χ0n) is 15.9. The third-order valence-electron chi connectivity index (χ3n) is 5.93. The lowest BCUT2D eigenvalue weighted by Gasteiger charge is -2.35. The van der Waals surface area contributed by atoms with Crippen molar-refractivity contribution < 1.29 is 4.79 Å². The first-order chi connectivity index (χ1) is 13.0. The molecule has 4 rings (SSSR count). The van der Waals surface area contributed by atoms with Crippen LogP contribution in [0.2, 0.25) is 10.0 Å². The Morgan fingerprint density at radius 1 is 1.11 bits per heavy atom. The van der Waals surface area contributed by atoms with Gasteiger partial charge in [0.15, 0.2) is 0 Å². The molecule has 1 amide bonds. The van der Waals surface area contributed by atoms with Gasteiger partial charge in [0.2, 0.25) is 5.91 Å². The van der Waals surface area contributed by atoms with Gasteiger partial charge in [-0.25, -0.2) is 0 Å². The molecule has 1 aliphatic heterocycles. The van der Waals surface area contributed by atoms with E-state index in [1.807, 2.05) is 18.0 Å². The lowest BCUT2D eigenvalue weighted by Crippen LogP contribution is -2.44. The minimum Gasteiger partial charge on any atom is -0.337 e. The molecule has 2 atom stereocenters. The Morgan fingerprint density at radius 3 is 2.54 bits per heavy atom. The Hall–Kier alpha value is -1.26. The summed E-state index contributed by atoms with van der Waals surface area (Å²) in [6.07, 6.45) is 3.85. The highest BCUT2D eigenvalue weighted by Crippen LogP contribution is 2.39. The molecule has 0 radical (unpaired) electrons. The number of hydrogen-bond donors (Lipinski definition) is 0. The van der Waals surface area contributed by atoms with Crippen LogP contribution in [0.25, 0.3) is 0 Å². The van der Waals surface area contributed by atoms with Crippen LogP contribution in [-0.2, 0) is 17.6 Å². The quantitative estimate of drug-likeness (QED) is 0.655. The van der Waals surface area contributed by atoms with E-state index in [0.29, 0.717) is 22.5 Å². The van der Waals surface area contributed by atoms with Crippen LogP contribution in [0.4, 0.5) is 0 Å². The molecule has 3 nitrogen and oxygen atoms in total. The number of halogens is 3. The Balaban J connectivity index is 0.00000225. The third-order valence-corrected chi connectivity index (χ3v) is 6.67. The van der Waals surface area contributed by atoms with E-state index in [0.717, 1.165) is 25.1 Å². The molecule has 150 valence electrons. The van der Waals surface area contributed by atoms with Crippen molar-refractivity contribution in [3.63, 3.8) is 0 Å². The van der Waals surface area contributed by atoms with Gasteiger partial charge in [-0.2, -0.15) is 0 Å². The number of carbonyl (C=O) groups is 1. The number of likely N-dealkylation sites (tertiary alicyclic amines) is 1. The Morgan fingerprint density at radius 2 is 1.82 bits per heavy atom. The normalized spacial score (nSPS) is 21.2. The van der Waals surface area contributed by atoms with Crippen LogP contribution in [-0.4, -0.2) is 41.9 Å². The molecule has 0 aromatic heterocycles. The maximum Gasteiger partial charge on any atom is 0.227 e. The lowest BCUT2D eigenvalue weighted by atomic mass is 10.0. The molecule has 1 heterocycles. The van der Waals surface area contributed by atoms with E-state index < -0.39 is 0 Å². The van der Waals surface area contributed by atoms with Crippen molar-refractivity contribution in [3.8, 4) is 0 Å². The average molecular weight is 440 g/mol. The zero-order valence-corrected chi connectivity index (χ0v) is 18.2. The largest absolute Gasteiger partial charge is 0.337 e. The van der Waals surface area contributed by atoms with E-state index in [4.69, 9.17) is 23.2 Å². The first-order valence-corrected chi connectivity index (χ1v) is 10.3. The average Bonchev–Trinajstić information content (AvgIpc) is 3.31. The van der Waals surface area contributed by atoms with E-state index in [2.05, 4.69) is 29.2 Å². The molecule has 0 unspecified atom stereocenters. The molecule has 1 saturated heterocycles. The fourth-order valence-electron chi connectivity index (χ4n) is 4.53. The summed E-state index contributed by atoms with van der Waals surface area (Å²) >= 11 is 12.1. The molecule has 1 fully saturated rings. The highest BCUT2D eigenvalue weighted by molar-refractivity contribution is 6.42. The fraction of sp³-hybridized carbons (Fsp3) is 0.409. The van der Waals surface area contributed by atoms with E-state index in [9.17, 15) is 4.79 Å². The first-order valence-electron chi connectivity index (χ1n) is 9.56. The first kappa shape index (κ1) is 21.4. The van der Waals surface area contributed by atoms with Crippen molar-refractivity contribution in [2.45, 2.75) is 37.8 Å². The van der Waals surface area contributed by atoms with Gasteiger partial charge in [-0.3, -0.25) is 9.69 Å². The summed E-state index contributed by atoms with van der Waals surface area (Å²) in [4.78, 5) is 17.6. The molecule has 0 saturated carbocycles. The van der Waals surface area contributed by atoms with Crippen molar-refractivity contribution >= 4 is 41.5 Å². The van der Waals surface area contributed by atoms with Crippen LogP contribution in [0.3, 0.4) is 0 Å². The molecular formula is C22H25Cl3N2O. The van der Waals surface area contributed by atoms with Gasteiger partial charge >= 0.3 is 0 Å². The second kappa shape index (κ2) is 9.04. The van der Waals surface area contributed by atoms with E-state index >= 15 is 0 Å². The Labute approximate surface area is 183 Å². The van der Waals surface area contributed by atoms with Crippen LogP contribution in [0.1, 0.15) is 35.6 Å². The number of fused-ring (bicyclic) bond motifs is 1. The van der Waals surface area contributed by atoms with E-state index in [1.54, 1.807) is 12.1 Å². The molecule has 0 N–H and O–H groups in total. The van der Waals surface area contributed by atoms with Gasteiger partial charge in [0.25, 0.3) is 0 Å². The van der Waals surface area contributed by atoms with Gasteiger partial charge in [0.1, 0.15) is 0 Å². The molecule has 6 heteroatoms. The number of benzene rings is 2.